The van der Waals surface area contributed by atoms with Crippen molar-refractivity contribution in [3.8, 4) is 28.4 Å². The summed E-state index contributed by atoms with van der Waals surface area (Å²) in [5.41, 5.74) is 4.60. The number of aromatic carboxylic acids is 1. The van der Waals surface area contributed by atoms with E-state index >= 15 is 0 Å². The van der Waals surface area contributed by atoms with Crippen LogP contribution in [0.5, 0.6) is 6.01 Å². The number of hydrogen-bond acceptors (Lipinski definition) is 6. The fourth-order valence-electron chi connectivity index (χ4n) is 4.37. The van der Waals surface area contributed by atoms with Crippen molar-refractivity contribution in [3.05, 3.63) is 65.2 Å². The molecule has 0 bridgehead atoms. The Morgan fingerprint density at radius 2 is 1.68 bits per heavy atom. The summed E-state index contributed by atoms with van der Waals surface area (Å²) in [6.07, 6.45) is 1.07. The molecule has 2 aromatic carbocycles. The molecule has 1 fully saturated rings. The number of nitrogens with one attached hydrogen (secondary N) is 1. The van der Waals surface area contributed by atoms with Gasteiger partial charge >= 0.3 is 5.97 Å². The summed E-state index contributed by atoms with van der Waals surface area (Å²) in [5, 5.41) is 18.5. The number of rotatable bonds is 8. The number of carbonyl (C=O) groups excluding carboxylic acids is 1. The number of carbonyl (C=O) groups is 2. The number of H-pyrrole nitrogens is 1. The first-order chi connectivity index (χ1) is 17.8. The van der Waals surface area contributed by atoms with Gasteiger partial charge < -0.3 is 24.8 Å². The van der Waals surface area contributed by atoms with Crippen LogP contribution in [0.1, 0.15) is 23.2 Å². The highest BCUT2D eigenvalue weighted by Gasteiger charge is 2.38. The van der Waals surface area contributed by atoms with Crippen molar-refractivity contribution in [1.82, 2.24) is 19.9 Å². The fraction of sp³-hybridized carbons (Fsp3) is 0.259. The molecule has 9 nitrogen and oxygen atoms in total. The highest BCUT2D eigenvalue weighted by atomic mass is 35.5. The van der Waals surface area contributed by atoms with Crippen molar-refractivity contribution in [3.63, 3.8) is 0 Å². The van der Waals surface area contributed by atoms with Gasteiger partial charge in [-0.05, 0) is 42.2 Å². The lowest BCUT2D eigenvalue weighted by atomic mass is 9.81. The fourth-order valence-corrected chi connectivity index (χ4v) is 4.63. The molecule has 0 saturated heterocycles. The van der Waals surface area contributed by atoms with E-state index in [4.69, 9.17) is 26.6 Å². The topological polar surface area (TPSA) is 129 Å². The second-order valence-corrected chi connectivity index (χ2v) is 9.49. The molecule has 1 saturated carbocycles. The Bertz CT molecular complexity index is 1450. The Balaban J connectivity index is 1.28. The molecule has 0 atom stereocenters. The Hall–Kier alpha value is -3.95. The monoisotopic (exact) mass is 520 g/mol. The van der Waals surface area contributed by atoms with Crippen molar-refractivity contribution in [2.75, 3.05) is 20.2 Å². The summed E-state index contributed by atoms with van der Waals surface area (Å²) >= 11 is 6.54. The number of imidazole rings is 1. The van der Waals surface area contributed by atoms with Gasteiger partial charge in [0.15, 0.2) is 5.65 Å². The number of ether oxygens (including phenoxy) is 1. The second kappa shape index (κ2) is 10.2. The van der Waals surface area contributed by atoms with Crippen LogP contribution in [-0.4, -0.2) is 68.2 Å². The van der Waals surface area contributed by atoms with Gasteiger partial charge in [-0.2, -0.15) is 4.98 Å². The number of amides is 1. The molecule has 0 unspecified atom stereocenters. The average molecular weight is 521 g/mol. The molecule has 0 spiro atoms. The van der Waals surface area contributed by atoms with E-state index in [1.54, 1.807) is 37.4 Å². The number of hydrogen-bond donors (Lipinski definition) is 3. The van der Waals surface area contributed by atoms with Gasteiger partial charge in [0.1, 0.15) is 6.10 Å². The number of halogens is 1. The predicted molar refractivity (Wildman–Crippen MR) is 139 cm³/mol. The van der Waals surface area contributed by atoms with E-state index in [1.165, 1.54) is 4.90 Å². The summed E-state index contributed by atoms with van der Waals surface area (Å²) in [4.78, 5) is 37.1. The SMILES string of the molecule is CN(CCO)C(=O)C1CC(Oc2nc3nc(-c4ccc(-c5ccc(C(=O)O)cc5)cc4)c(Cl)cc3[nH]2)C1. The van der Waals surface area contributed by atoms with Gasteiger partial charge in [-0.1, -0.05) is 48.0 Å². The molecule has 2 heterocycles. The first kappa shape index (κ1) is 24.7. The van der Waals surface area contributed by atoms with Crippen LogP contribution in [0.15, 0.2) is 54.6 Å². The van der Waals surface area contributed by atoms with Crippen molar-refractivity contribution in [2.45, 2.75) is 18.9 Å². The predicted octanol–water partition coefficient (Wildman–Crippen LogP) is 4.25. The minimum absolute atomic E-state index is 0.0138. The van der Waals surface area contributed by atoms with E-state index in [2.05, 4.69) is 15.0 Å². The molecule has 1 aliphatic rings. The molecule has 10 heteroatoms. The molecule has 4 aromatic rings. The van der Waals surface area contributed by atoms with Crippen molar-refractivity contribution >= 4 is 34.6 Å². The van der Waals surface area contributed by atoms with Crippen LogP contribution >= 0.6 is 11.6 Å². The molecular weight excluding hydrogens is 496 g/mol. The van der Waals surface area contributed by atoms with Crippen LogP contribution < -0.4 is 4.74 Å². The highest BCUT2D eigenvalue weighted by molar-refractivity contribution is 6.33. The van der Waals surface area contributed by atoms with E-state index in [-0.39, 0.29) is 30.1 Å². The number of aliphatic hydroxyl groups excluding tert-OH is 1. The molecular formula is C27H25ClN4O5. The number of aromatic amines is 1. The van der Waals surface area contributed by atoms with E-state index < -0.39 is 5.97 Å². The molecule has 5 rings (SSSR count). The zero-order valence-electron chi connectivity index (χ0n) is 20.0. The van der Waals surface area contributed by atoms with Crippen molar-refractivity contribution in [1.29, 1.82) is 0 Å². The number of carboxylic acid groups (broad SMARTS) is 1. The molecule has 1 amide bonds. The maximum atomic E-state index is 12.3. The maximum Gasteiger partial charge on any atom is 0.335 e. The Kier molecular flexibility index (Phi) is 6.82. The number of fused-ring (bicyclic) bond motifs is 1. The van der Waals surface area contributed by atoms with Gasteiger partial charge in [0, 0.05) is 25.1 Å². The van der Waals surface area contributed by atoms with Crippen LogP contribution in [0.3, 0.4) is 0 Å². The summed E-state index contributed by atoms with van der Waals surface area (Å²) in [6, 6.07) is 16.5. The molecule has 190 valence electrons. The normalized spacial score (nSPS) is 16.8. The standard InChI is InChI=1S/C27H25ClN4O5/c1-32(10-11-33)25(34)19-12-20(13-19)37-27-29-22-14-21(28)23(30-24(22)31-27)17-6-2-15(3-7-17)16-4-8-18(9-5-16)26(35)36/h2-9,14,19-20,33H,10-13H2,1H3,(H,35,36)(H,29,30,31). The van der Waals surface area contributed by atoms with Crippen LogP contribution in [0.4, 0.5) is 0 Å². The Morgan fingerprint density at radius 3 is 2.30 bits per heavy atom. The summed E-state index contributed by atoms with van der Waals surface area (Å²) in [7, 11) is 1.69. The minimum Gasteiger partial charge on any atom is -0.478 e. The van der Waals surface area contributed by atoms with E-state index in [1.807, 2.05) is 24.3 Å². The van der Waals surface area contributed by atoms with Gasteiger partial charge in [-0.3, -0.25) is 4.79 Å². The smallest absolute Gasteiger partial charge is 0.335 e. The lowest BCUT2D eigenvalue weighted by molar-refractivity contribution is -0.140. The maximum absolute atomic E-state index is 12.3. The largest absolute Gasteiger partial charge is 0.478 e. The van der Waals surface area contributed by atoms with Gasteiger partial charge in [0.25, 0.3) is 6.01 Å². The zero-order valence-corrected chi connectivity index (χ0v) is 20.8. The molecule has 0 aliphatic heterocycles. The number of likely N-dealkylation sites (N-methyl/N-ethyl adjacent to an activating group) is 1. The van der Waals surface area contributed by atoms with Crippen LogP contribution in [0.2, 0.25) is 5.02 Å². The Labute approximate surface area is 217 Å². The zero-order chi connectivity index (χ0) is 26.1. The van der Waals surface area contributed by atoms with Crippen LogP contribution in [0, 0.1) is 5.92 Å². The summed E-state index contributed by atoms with van der Waals surface area (Å²) in [5.74, 6) is -1.05. The van der Waals surface area contributed by atoms with Crippen LogP contribution in [-0.2, 0) is 4.79 Å². The third kappa shape index (κ3) is 5.14. The second-order valence-electron chi connectivity index (χ2n) is 9.08. The molecule has 37 heavy (non-hydrogen) atoms. The van der Waals surface area contributed by atoms with E-state index in [0.717, 1.165) is 16.7 Å². The first-order valence-electron chi connectivity index (χ1n) is 11.9. The molecule has 0 radical (unpaired) electrons. The number of pyridine rings is 1. The Morgan fingerprint density at radius 1 is 1.05 bits per heavy atom. The number of aliphatic hydroxyl groups is 1. The summed E-state index contributed by atoms with van der Waals surface area (Å²) < 4.78 is 5.92. The third-order valence-electron chi connectivity index (χ3n) is 6.56. The van der Waals surface area contributed by atoms with Crippen molar-refractivity contribution in [2.24, 2.45) is 5.92 Å². The molecule has 1 aliphatic carbocycles. The van der Waals surface area contributed by atoms with Gasteiger partial charge in [0.05, 0.1) is 28.4 Å². The summed E-state index contributed by atoms with van der Waals surface area (Å²) in [6.45, 7) is 0.264. The average Bonchev–Trinajstić information content (AvgIpc) is 3.26. The molecule has 2 aromatic heterocycles. The highest BCUT2D eigenvalue weighted by Crippen LogP contribution is 2.34. The van der Waals surface area contributed by atoms with Gasteiger partial charge in [-0.25, -0.2) is 9.78 Å². The number of aromatic nitrogens is 3. The van der Waals surface area contributed by atoms with Gasteiger partial charge in [0.2, 0.25) is 5.91 Å². The van der Waals surface area contributed by atoms with E-state index in [9.17, 15) is 9.59 Å². The molecule has 3 N–H and O–H groups in total. The lowest BCUT2D eigenvalue weighted by Crippen LogP contribution is -2.45. The lowest BCUT2D eigenvalue weighted by Gasteiger charge is -2.35. The number of benzene rings is 2. The number of nitrogens with zero attached hydrogens (tertiary/aromatic N) is 3. The van der Waals surface area contributed by atoms with Crippen molar-refractivity contribution < 1.29 is 24.5 Å². The van der Waals surface area contributed by atoms with Gasteiger partial charge in [-0.15, -0.1) is 0 Å². The quantitative estimate of drug-likeness (QED) is 0.317. The number of carboxylic acids is 1. The van der Waals surface area contributed by atoms with Crippen LogP contribution in [0.25, 0.3) is 33.5 Å². The van der Waals surface area contributed by atoms with E-state index in [0.29, 0.717) is 47.3 Å². The third-order valence-corrected chi connectivity index (χ3v) is 6.85. The first-order valence-corrected chi connectivity index (χ1v) is 12.2. The minimum atomic E-state index is -0.959.